The molecular weight excluding hydrogens is 420 g/mol. The number of carbonyl (C=O) groups excluding carboxylic acids is 2. The molecule has 0 aromatic heterocycles. The third-order valence-corrected chi connectivity index (χ3v) is 5.25. The third kappa shape index (κ3) is 4.68. The molecule has 0 atom stereocenters. The van der Waals surface area contributed by atoms with Crippen molar-refractivity contribution in [2.45, 2.75) is 13.3 Å². The van der Waals surface area contributed by atoms with E-state index in [0.29, 0.717) is 40.8 Å². The Hall–Kier alpha value is -3.03. The summed E-state index contributed by atoms with van der Waals surface area (Å²) in [7, 11) is 4.64. The predicted octanol–water partition coefficient (Wildman–Crippen LogP) is 3.89. The van der Waals surface area contributed by atoms with Crippen LogP contribution in [-0.4, -0.2) is 51.2 Å². The molecule has 1 N–H and O–H groups in total. The second-order valence-electron chi connectivity index (χ2n) is 7.01. The number of hydrogen-bond donors (Lipinski definition) is 1. The van der Waals surface area contributed by atoms with Gasteiger partial charge >= 0.3 is 0 Å². The molecule has 0 bridgehead atoms. The molecule has 0 aliphatic carbocycles. The lowest BCUT2D eigenvalue weighted by Gasteiger charge is -2.15. The van der Waals surface area contributed by atoms with Gasteiger partial charge in [0.05, 0.1) is 19.8 Å². The molecule has 0 saturated carbocycles. The summed E-state index contributed by atoms with van der Waals surface area (Å²) in [5.74, 6) is 0.235. The van der Waals surface area contributed by atoms with Crippen molar-refractivity contribution >= 4 is 34.7 Å². The van der Waals surface area contributed by atoms with Crippen molar-refractivity contribution in [2.75, 3.05) is 39.8 Å². The van der Waals surface area contributed by atoms with Gasteiger partial charge < -0.3 is 19.5 Å². The quantitative estimate of drug-likeness (QED) is 0.467. The van der Waals surface area contributed by atoms with Crippen LogP contribution in [0.25, 0.3) is 5.57 Å². The van der Waals surface area contributed by atoms with Crippen molar-refractivity contribution in [3.05, 3.63) is 58.2 Å². The van der Waals surface area contributed by atoms with Gasteiger partial charge in [-0.3, -0.25) is 14.5 Å². The average molecular weight is 445 g/mol. The smallest absolute Gasteiger partial charge is 0.278 e. The van der Waals surface area contributed by atoms with Crippen LogP contribution in [-0.2, 0) is 14.3 Å². The summed E-state index contributed by atoms with van der Waals surface area (Å²) < 4.78 is 15.7. The van der Waals surface area contributed by atoms with Gasteiger partial charge in [0.2, 0.25) is 0 Å². The molecule has 8 heteroatoms. The van der Waals surface area contributed by atoms with Gasteiger partial charge in [0, 0.05) is 31.0 Å². The Kier molecular flexibility index (Phi) is 7.20. The Balaban J connectivity index is 2.07. The van der Waals surface area contributed by atoms with Gasteiger partial charge in [-0.15, -0.1) is 0 Å². The van der Waals surface area contributed by atoms with Gasteiger partial charge in [-0.1, -0.05) is 17.7 Å². The van der Waals surface area contributed by atoms with Gasteiger partial charge in [-0.25, -0.2) is 0 Å². The highest BCUT2D eigenvalue weighted by atomic mass is 35.5. The van der Waals surface area contributed by atoms with Crippen LogP contribution < -0.4 is 14.8 Å². The molecule has 0 unspecified atom stereocenters. The van der Waals surface area contributed by atoms with E-state index in [9.17, 15) is 9.59 Å². The number of carbonyl (C=O) groups is 2. The molecule has 0 saturated heterocycles. The Morgan fingerprint density at radius 2 is 1.71 bits per heavy atom. The van der Waals surface area contributed by atoms with Crippen molar-refractivity contribution in [3.8, 4) is 11.5 Å². The summed E-state index contributed by atoms with van der Waals surface area (Å²) in [6.07, 6.45) is 0.542. The summed E-state index contributed by atoms with van der Waals surface area (Å²) in [6.45, 7) is 2.58. The van der Waals surface area contributed by atoms with Gasteiger partial charge in [0.25, 0.3) is 11.8 Å². The normalized spacial score (nSPS) is 13.8. The number of nitrogens with one attached hydrogen (secondary N) is 1. The number of benzene rings is 2. The maximum absolute atomic E-state index is 13.3. The number of nitrogens with zero attached hydrogens (tertiary/aromatic N) is 1. The van der Waals surface area contributed by atoms with E-state index in [1.807, 2.05) is 6.92 Å². The Morgan fingerprint density at radius 3 is 2.35 bits per heavy atom. The molecule has 1 aliphatic rings. The number of amides is 2. The molecule has 31 heavy (non-hydrogen) atoms. The molecule has 7 nitrogen and oxygen atoms in total. The van der Waals surface area contributed by atoms with Crippen LogP contribution in [0.15, 0.2) is 42.1 Å². The molecule has 0 fully saturated rings. The Bertz CT molecular complexity index is 1030. The van der Waals surface area contributed by atoms with E-state index in [1.54, 1.807) is 43.5 Å². The Labute approximate surface area is 186 Å². The first-order valence-corrected chi connectivity index (χ1v) is 10.1. The van der Waals surface area contributed by atoms with Crippen LogP contribution in [0.4, 0.5) is 5.69 Å². The third-order valence-electron chi connectivity index (χ3n) is 5.02. The zero-order chi connectivity index (χ0) is 22.5. The minimum absolute atomic E-state index is 0.208. The highest BCUT2D eigenvalue weighted by Crippen LogP contribution is 2.36. The first-order valence-electron chi connectivity index (χ1n) is 9.76. The lowest BCUT2D eigenvalue weighted by atomic mass is 10.0. The molecule has 1 aliphatic heterocycles. The lowest BCUT2D eigenvalue weighted by molar-refractivity contribution is -0.136. The fraction of sp³-hybridized carbons (Fsp3) is 0.304. The van der Waals surface area contributed by atoms with E-state index in [4.69, 9.17) is 25.8 Å². The molecule has 0 spiro atoms. The van der Waals surface area contributed by atoms with Crippen molar-refractivity contribution in [1.82, 2.24) is 4.90 Å². The summed E-state index contributed by atoms with van der Waals surface area (Å²) in [5.41, 5.74) is 2.58. The predicted molar refractivity (Wildman–Crippen MR) is 119 cm³/mol. The largest absolute Gasteiger partial charge is 0.493 e. The van der Waals surface area contributed by atoms with E-state index in [2.05, 4.69) is 5.32 Å². The van der Waals surface area contributed by atoms with Crippen LogP contribution in [0.1, 0.15) is 17.5 Å². The minimum atomic E-state index is -0.389. The number of hydrogen-bond acceptors (Lipinski definition) is 6. The summed E-state index contributed by atoms with van der Waals surface area (Å²) >= 11 is 6.06. The molecule has 2 amide bonds. The van der Waals surface area contributed by atoms with E-state index < -0.39 is 0 Å². The monoisotopic (exact) mass is 444 g/mol. The Morgan fingerprint density at radius 1 is 0.968 bits per heavy atom. The highest BCUT2D eigenvalue weighted by molar-refractivity contribution is 6.36. The van der Waals surface area contributed by atoms with E-state index in [0.717, 1.165) is 5.56 Å². The zero-order valence-electron chi connectivity index (χ0n) is 18.0. The van der Waals surface area contributed by atoms with Crippen molar-refractivity contribution < 1.29 is 23.8 Å². The van der Waals surface area contributed by atoms with Gasteiger partial charge in [0.1, 0.15) is 5.70 Å². The molecule has 0 radical (unpaired) electrons. The van der Waals surface area contributed by atoms with Gasteiger partial charge in [-0.2, -0.15) is 0 Å². The fourth-order valence-corrected chi connectivity index (χ4v) is 3.65. The van der Waals surface area contributed by atoms with E-state index in [-0.39, 0.29) is 29.6 Å². The van der Waals surface area contributed by atoms with Gasteiger partial charge in [-0.05, 0) is 54.8 Å². The number of rotatable bonds is 9. The molecule has 3 rings (SSSR count). The molecule has 2 aromatic rings. The SMILES string of the molecule is COCCCN1C(=O)C(Nc2ccc(Cl)cc2C)=C(c2ccc(OC)c(OC)c2)C1=O. The maximum Gasteiger partial charge on any atom is 0.278 e. The number of ether oxygens (including phenoxy) is 3. The van der Waals surface area contributed by atoms with E-state index in [1.165, 1.54) is 19.1 Å². The van der Waals surface area contributed by atoms with Crippen LogP contribution >= 0.6 is 11.6 Å². The van der Waals surface area contributed by atoms with Crippen molar-refractivity contribution in [1.29, 1.82) is 0 Å². The van der Waals surface area contributed by atoms with Crippen LogP contribution in [0.5, 0.6) is 11.5 Å². The zero-order valence-corrected chi connectivity index (χ0v) is 18.7. The number of methoxy groups -OCH3 is 3. The second-order valence-corrected chi connectivity index (χ2v) is 7.45. The number of aryl methyl sites for hydroxylation is 1. The lowest BCUT2D eigenvalue weighted by Crippen LogP contribution is -2.34. The molecular formula is C23H25ClN2O5. The summed E-state index contributed by atoms with van der Waals surface area (Å²) in [4.78, 5) is 27.7. The summed E-state index contributed by atoms with van der Waals surface area (Å²) in [6, 6.07) is 10.4. The highest BCUT2D eigenvalue weighted by Gasteiger charge is 2.39. The average Bonchev–Trinajstić information content (AvgIpc) is 2.99. The maximum atomic E-state index is 13.3. The second kappa shape index (κ2) is 9.85. The van der Waals surface area contributed by atoms with Crippen LogP contribution in [0.3, 0.4) is 0 Å². The van der Waals surface area contributed by atoms with Gasteiger partial charge in [0.15, 0.2) is 11.5 Å². The topological polar surface area (TPSA) is 77.1 Å². The first kappa shape index (κ1) is 22.7. The molecule has 164 valence electrons. The standard InChI is InChI=1S/C23H25ClN2O5/c1-14-12-16(24)7-8-17(14)25-21-20(15-6-9-18(30-3)19(13-15)31-4)22(27)26(23(21)28)10-5-11-29-2/h6-9,12-13,25H,5,10-11H2,1-4H3. The van der Waals surface area contributed by atoms with Crippen molar-refractivity contribution in [3.63, 3.8) is 0 Å². The minimum Gasteiger partial charge on any atom is -0.493 e. The van der Waals surface area contributed by atoms with Crippen molar-refractivity contribution in [2.24, 2.45) is 0 Å². The first-order chi connectivity index (χ1) is 14.9. The number of anilines is 1. The fourth-order valence-electron chi connectivity index (χ4n) is 3.42. The van der Waals surface area contributed by atoms with E-state index >= 15 is 0 Å². The van der Waals surface area contributed by atoms with Crippen LogP contribution in [0.2, 0.25) is 5.02 Å². The number of imide groups is 1. The summed E-state index contributed by atoms with van der Waals surface area (Å²) in [5, 5.41) is 3.75. The van der Waals surface area contributed by atoms with Crippen LogP contribution in [0, 0.1) is 6.92 Å². The molecule has 1 heterocycles. The number of halogens is 1. The molecule has 2 aromatic carbocycles.